The van der Waals surface area contributed by atoms with Gasteiger partial charge in [-0.3, -0.25) is 13.9 Å². The summed E-state index contributed by atoms with van der Waals surface area (Å²) in [5.74, 6) is -0.622. The largest absolute Gasteiger partial charge is 0.354 e. The lowest BCUT2D eigenvalue weighted by molar-refractivity contribution is -0.140. The first kappa shape index (κ1) is 32.8. The molecule has 0 aliphatic heterocycles. The number of carbonyl (C=O) groups is 2. The predicted molar refractivity (Wildman–Crippen MR) is 176 cm³/mol. The molecule has 0 aliphatic carbocycles. The highest BCUT2D eigenvalue weighted by atomic mass is 35.5. The molecule has 0 saturated heterocycles. The van der Waals surface area contributed by atoms with Crippen molar-refractivity contribution >= 4 is 39.1 Å². The number of sulfonamides is 1. The number of benzene rings is 4. The number of amides is 2. The van der Waals surface area contributed by atoms with Crippen LogP contribution in [0.25, 0.3) is 0 Å². The normalized spacial score (nSPS) is 12.0. The molecule has 0 bridgehead atoms. The van der Waals surface area contributed by atoms with E-state index in [2.05, 4.69) is 5.32 Å². The van der Waals surface area contributed by atoms with E-state index in [1.165, 1.54) is 17.0 Å². The van der Waals surface area contributed by atoms with Crippen molar-refractivity contribution in [2.75, 3.05) is 17.4 Å². The SMILES string of the molecule is Cc1c(Cl)cccc1N(CC(=O)N(Cc1ccccc1)[C@@H](Cc1ccccc1)C(=O)NCC(C)C)S(=O)(=O)c1ccccc1. The maximum Gasteiger partial charge on any atom is 0.264 e. The van der Waals surface area contributed by atoms with Crippen LogP contribution in [0.1, 0.15) is 30.5 Å². The molecule has 0 fully saturated rings. The number of hydrogen-bond donors (Lipinski definition) is 1. The molecule has 230 valence electrons. The first-order valence-electron chi connectivity index (χ1n) is 14.6. The van der Waals surface area contributed by atoms with Crippen LogP contribution < -0.4 is 9.62 Å². The van der Waals surface area contributed by atoms with Crippen LogP contribution in [-0.4, -0.2) is 44.3 Å². The minimum Gasteiger partial charge on any atom is -0.354 e. The molecule has 4 aromatic carbocycles. The van der Waals surface area contributed by atoms with Gasteiger partial charge >= 0.3 is 0 Å². The van der Waals surface area contributed by atoms with E-state index in [1.807, 2.05) is 74.5 Å². The number of carbonyl (C=O) groups excluding carboxylic acids is 2. The molecule has 0 unspecified atom stereocenters. The van der Waals surface area contributed by atoms with Gasteiger partial charge in [0.05, 0.1) is 10.6 Å². The van der Waals surface area contributed by atoms with E-state index in [9.17, 15) is 18.0 Å². The minimum absolute atomic E-state index is 0.0392. The van der Waals surface area contributed by atoms with Crippen molar-refractivity contribution in [2.24, 2.45) is 5.92 Å². The topological polar surface area (TPSA) is 86.8 Å². The summed E-state index contributed by atoms with van der Waals surface area (Å²) in [4.78, 5) is 29.8. The van der Waals surface area contributed by atoms with Crippen LogP contribution in [0.4, 0.5) is 5.69 Å². The number of rotatable bonds is 13. The van der Waals surface area contributed by atoms with Crippen LogP contribution in [0.5, 0.6) is 0 Å². The smallest absolute Gasteiger partial charge is 0.264 e. The van der Waals surface area contributed by atoms with Crippen molar-refractivity contribution in [2.45, 2.75) is 44.7 Å². The zero-order valence-electron chi connectivity index (χ0n) is 25.2. The first-order valence-corrected chi connectivity index (χ1v) is 16.4. The average molecular weight is 632 g/mol. The molecule has 0 saturated carbocycles. The molecular weight excluding hydrogens is 594 g/mol. The van der Waals surface area contributed by atoms with E-state index in [1.54, 1.807) is 43.3 Å². The Morgan fingerprint density at radius 3 is 1.95 bits per heavy atom. The molecule has 7 nitrogen and oxygen atoms in total. The summed E-state index contributed by atoms with van der Waals surface area (Å²) in [7, 11) is -4.19. The Balaban J connectivity index is 1.81. The summed E-state index contributed by atoms with van der Waals surface area (Å²) in [6.45, 7) is 5.73. The lowest BCUT2D eigenvalue weighted by Gasteiger charge is -2.34. The summed E-state index contributed by atoms with van der Waals surface area (Å²) < 4.78 is 29.3. The third-order valence-corrected chi connectivity index (χ3v) is 9.45. The lowest BCUT2D eigenvalue weighted by atomic mass is 10.0. The second-order valence-electron chi connectivity index (χ2n) is 11.1. The summed E-state index contributed by atoms with van der Waals surface area (Å²) >= 11 is 6.43. The maximum atomic E-state index is 14.5. The zero-order valence-corrected chi connectivity index (χ0v) is 26.8. The molecular formula is C35H38ClN3O4S. The fraction of sp³-hybridized carbons (Fsp3) is 0.257. The van der Waals surface area contributed by atoms with Gasteiger partial charge in [-0.25, -0.2) is 8.42 Å². The van der Waals surface area contributed by atoms with E-state index >= 15 is 0 Å². The Labute approximate surface area is 265 Å². The van der Waals surface area contributed by atoms with E-state index in [4.69, 9.17) is 11.6 Å². The first-order chi connectivity index (χ1) is 21.1. The molecule has 4 aromatic rings. The highest BCUT2D eigenvalue weighted by Gasteiger charge is 2.35. The van der Waals surface area contributed by atoms with Crippen molar-refractivity contribution in [1.29, 1.82) is 0 Å². The number of hydrogen-bond acceptors (Lipinski definition) is 4. The Kier molecular flexibility index (Phi) is 11.2. The van der Waals surface area contributed by atoms with Crippen LogP contribution >= 0.6 is 11.6 Å². The standard InChI is InChI=1S/C35H38ClN3O4S/c1-26(2)23-37-35(41)33(22-28-14-7-4-8-15-28)38(24-29-16-9-5-10-17-29)34(40)25-39(32-21-13-20-31(36)27(32)3)44(42,43)30-18-11-6-12-19-30/h4-21,26,33H,22-25H2,1-3H3,(H,37,41)/t33-/m0/s1. The van der Waals surface area contributed by atoms with Crippen molar-refractivity contribution in [3.63, 3.8) is 0 Å². The molecule has 2 amide bonds. The van der Waals surface area contributed by atoms with E-state index < -0.39 is 28.5 Å². The maximum absolute atomic E-state index is 14.5. The second-order valence-corrected chi connectivity index (χ2v) is 13.3. The molecule has 0 spiro atoms. The van der Waals surface area contributed by atoms with Gasteiger partial charge in [-0.15, -0.1) is 0 Å². The van der Waals surface area contributed by atoms with Gasteiger partial charge in [0.2, 0.25) is 11.8 Å². The van der Waals surface area contributed by atoms with Gasteiger partial charge in [0.25, 0.3) is 10.0 Å². The molecule has 9 heteroatoms. The van der Waals surface area contributed by atoms with Crippen molar-refractivity contribution in [1.82, 2.24) is 10.2 Å². The lowest BCUT2D eigenvalue weighted by Crippen LogP contribution is -2.53. The van der Waals surface area contributed by atoms with Crippen LogP contribution in [-0.2, 0) is 32.6 Å². The van der Waals surface area contributed by atoms with Crippen molar-refractivity contribution < 1.29 is 18.0 Å². The van der Waals surface area contributed by atoms with Crippen molar-refractivity contribution in [3.05, 3.63) is 131 Å². The highest BCUT2D eigenvalue weighted by molar-refractivity contribution is 7.92. The molecule has 0 heterocycles. The number of nitrogens with zero attached hydrogens (tertiary/aromatic N) is 2. The molecule has 0 aromatic heterocycles. The van der Waals surface area contributed by atoms with Gasteiger partial charge in [-0.1, -0.05) is 110 Å². The fourth-order valence-corrected chi connectivity index (χ4v) is 6.52. The third-order valence-electron chi connectivity index (χ3n) is 7.27. The Morgan fingerprint density at radius 2 is 1.36 bits per heavy atom. The van der Waals surface area contributed by atoms with Gasteiger partial charge in [-0.05, 0) is 53.8 Å². The van der Waals surface area contributed by atoms with Crippen LogP contribution in [0.3, 0.4) is 0 Å². The predicted octanol–water partition coefficient (Wildman–Crippen LogP) is 6.26. The monoisotopic (exact) mass is 631 g/mol. The van der Waals surface area contributed by atoms with E-state index in [0.717, 1.165) is 15.4 Å². The van der Waals surface area contributed by atoms with Gasteiger partial charge < -0.3 is 10.2 Å². The number of nitrogens with one attached hydrogen (secondary N) is 1. The summed E-state index contributed by atoms with van der Waals surface area (Å²) in [6.07, 6.45) is 0.255. The van der Waals surface area contributed by atoms with Gasteiger partial charge in [0.1, 0.15) is 12.6 Å². The summed E-state index contributed by atoms with van der Waals surface area (Å²) in [5.41, 5.74) is 2.50. The zero-order chi connectivity index (χ0) is 31.7. The third kappa shape index (κ3) is 8.27. The van der Waals surface area contributed by atoms with E-state index in [0.29, 0.717) is 22.8 Å². The summed E-state index contributed by atoms with van der Waals surface area (Å²) in [6, 6.07) is 30.9. The fourth-order valence-electron chi connectivity index (χ4n) is 4.86. The van der Waals surface area contributed by atoms with E-state index in [-0.39, 0.29) is 29.7 Å². The molecule has 1 N–H and O–H groups in total. The van der Waals surface area contributed by atoms with Crippen LogP contribution in [0.15, 0.2) is 114 Å². The van der Waals surface area contributed by atoms with Crippen LogP contribution in [0, 0.1) is 12.8 Å². The quantitative estimate of drug-likeness (QED) is 0.189. The average Bonchev–Trinajstić information content (AvgIpc) is 3.03. The van der Waals surface area contributed by atoms with Gasteiger partial charge in [0, 0.05) is 24.5 Å². The highest BCUT2D eigenvalue weighted by Crippen LogP contribution is 2.31. The van der Waals surface area contributed by atoms with Crippen LogP contribution in [0.2, 0.25) is 5.02 Å². The molecule has 4 rings (SSSR count). The number of halogens is 1. The number of anilines is 1. The molecule has 0 aliphatic rings. The second kappa shape index (κ2) is 15.0. The molecule has 0 radical (unpaired) electrons. The Bertz CT molecular complexity index is 1650. The summed E-state index contributed by atoms with van der Waals surface area (Å²) in [5, 5.41) is 3.37. The minimum atomic E-state index is -4.19. The van der Waals surface area contributed by atoms with Gasteiger partial charge in [-0.2, -0.15) is 0 Å². The molecule has 44 heavy (non-hydrogen) atoms. The Morgan fingerprint density at radius 1 is 0.795 bits per heavy atom. The Hall–Kier alpha value is -4.14. The van der Waals surface area contributed by atoms with Crippen molar-refractivity contribution in [3.8, 4) is 0 Å². The van der Waals surface area contributed by atoms with Gasteiger partial charge in [0.15, 0.2) is 0 Å². The molecule has 1 atom stereocenters.